The zero-order valence-electron chi connectivity index (χ0n) is 11.4. The quantitative estimate of drug-likeness (QED) is 0.665. The lowest BCUT2D eigenvalue weighted by Gasteiger charge is -2.19. The van der Waals surface area contributed by atoms with E-state index in [0.29, 0.717) is 12.3 Å². The highest BCUT2D eigenvalue weighted by atomic mass is 16.4. The Morgan fingerprint density at radius 1 is 1.33 bits per heavy atom. The molecule has 1 saturated carbocycles. The largest absolute Gasteiger partial charge is 0.480 e. The average molecular weight is 255 g/mol. The minimum atomic E-state index is -0.902. The van der Waals surface area contributed by atoms with Crippen molar-refractivity contribution in [2.45, 2.75) is 64.8 Å². The van der Waals surface area contributed by atoms with E-state index in [0.717, 1.165) is 38.5 Å². The van der Waals surface area contributed by atoms with Crippen molar-refractivity contribution in [2.24, 2.45) is 11.8 Å². The fraction of sp³-hybridized carbons (Fsp3) is 0.857. The van der Waals surface area contributed by atoms with E-state index in [1.807, 2.05) is 6.92 Å². The van der Waals surface area contributed by atoms with Gasteiger partial charge in [0.15, 0.2) is 0 Å². The summed E-state index contributed by atoms with van der Waals surface area (Å²) < 4.78 is 0. The molecule has 2 N–H and O–H groups in total. The summed E-state index contributed by atoms with van der Waals surface area (Å²) in [5.41, 5.74) is 0. The molecule has 0 aromatic heterocycles. The molecule has 0 aliphatic heterocycles. The highest BCUT2D eigenvalue weighted by molar-refractivity contribution is 5.84. The number of aliphatic carboxylic acids is 1. The summed E-state index contributed by atoms with van der Waals surface area (Å²) in [6, 6.07) is -0.694. The zero-order valence-corrected chi connectivity index (χ0v) is 11.4. The van der Waals surface area contributed by atoms with Gasteiger partial charge in [0.2, 0.25) is 5.91 Å². The molecule has 0 aromatic carbocycles. The van der Waals surface area contributed by atoms with Gasteiger partial charge in [0.1, 0.15) is 6.04 Å². The van der Waals surface area contributed by atoms with Crippen molar-refractivity contribution in [2.75, 3.05) is 0 Å². The maximum atomic E-state index is 12.0. The first-order valence-electron chi connectivity index (χ1n) is 7.11. The van der Waals surface area contributed by atoms with Crippen LogP contribution in [0.15, 0.2) is 0 Å². The first-order chi connectivity index (χ1) is 8.58. The number of unbranched alkanes of at least 4 members (excludes halogenated alkanes) is 1. The Morgan fingerprint density at radius 3 is 2.44 bits per heavy atom. The molecule has 0 aromatic rings. The topological polar surface area (TPSA) is 66.4 Å². The Labute approximate surface area is 109 Å². The Morgan fingerprint density at radius 2 is 2.00 bits per heavy atom. The molecule has 1 aliphatic rings. The van der Waals surface area contributed by atoms with Gasteiger partial charge in [0.25, 0.3) is 0 Å². The van der Waals surface area contributed by atoms with E-state index >= 15 is 0 Å². The first-order valence-corrected chi connectivity index (χ1v) is 7.11. The standard InChI is InChI=1S/C14H25NO3/c1-3-5-6-11(4-2)13(16)15-12(14(17)18)9-10-7-8-10/h10-12H,3-9H2,1-2H3,(H,15,16)(H,17,18). The van der Waals surface area contributed by atoms with Crippen LogP contribution in [0.2, 0.25) is 0 Å². The molecule has 104 valence electrons. The van der Waals surface area contributed by atoms with Crippen LogP contribution in [0.4, 0.5) is 0 Å². The zero-order chi connectivity index (χ0) is 13.5. The molecule has 2 unspecified atom stereocenters. The molecule has 0 saturated heterocycles. The molecule has 1 rings (SSSR count). The van der Waals surface area contributed by atoms with Gasteiger partial charge in [0, 0.05) is 5.92 Å². The minimum absolute atomic E-state index is 0.0361. The van der Waals surface area contributed by atoms with E-state index in [4.69, 9.17) is 5.11 Å². The minimum Gasteiger partial charge on any atom is -0.480 e. The van der Waals surface area contributed by atoms with Crippen LogP contribution >= 0.6 is 0 Å². The molecule has 4 heteroatoms. The lowest BCUT2D eigenvalue weighted by molar-refractivity contribution is -0.142. The Kier molecular flexibility index (Phi) is 6.16. The van der Waals surface area contributed by atoms with Crippen LogP contribution in [-0.2, 0) is 9.59 Å². The highest BCUT2D eigenvalue weighted by Crippen LogP contribution is 2.33. The number of carboxylic acids is 1. The van der Waals surface area contributed by atoms with Crippen molar-refractivity contribution in [3.63, 3.8) is 0 Å². The third-order valence-corrected chi connectivity index (χ3v) is 3.65. The number of carbonyl (C=O) groups excluding carboxylic acids is 1. The lowest BCUT2D eigenvalue weighted by atomic mass is 9.97. The summed E-state index contributed by atoms with van der Waals surface area (Å²) in [6.07, 6.45) is 6.52. The van der Waals surface area contributed by atoms with Crippen LogP contribution in [0.1, 0.15) is 58.8 Å². The number of rotatable bonds is 9. The number of hydrogen-bond donors (Lipinski definition) is 2. The summed E-state index contributed by atoms with van der Waals surface area (Å²) >= 11 is 0. The second-order valence-corrected chi connectivity index (χ2v) is 5.33. The van der Waals surface area contributed by atoms with E-state index in [2.05, 4.69) is 12.2 Å². The number of hydrogen-bond acceptors (Lipinski definition) is 2. The van der Waals surface area contributed by atoms with Crippen LogP contribution in [0, 0.1) is 11.8 Å². The Bertz CT molecular complexity index is 287. The summed E-state index contributed by atoms with van der Waals surface area (Å²) in [4.78, 5) is 23.1. The van der Waals surface area contributed by atoms with E-state index in [9.17, 15) is 9.59 Å². The molecule has 2 atom stereocenters. The van der Waals surface area contributed by atoms with E-state index in [-0.39, 0.29) is 11.8 Å². The molecular weight excluding hydrogens is 230 g/mol. The molecule has 18 heavy (non-hydrogen) atoms. The van der Waals surface area contributed by atoms with E-state index < -0.39 is 12.0 Å². The van der Waals surface area contributed by atoms with Crippen LogP contribution in [-0.4, -0.2) is 23.0 Å². The van der Waals surface area contributed by atoms with Crippen LogP contribution < -0.4 is 5.32 Å². The van der Waals surface area contributed by atoms with Gasteiger partial charge in [-0.2, -0.15) is 0 Å². The van der Waals surface area contributed by atoms with Crippen LogP contribution in [0.5, 0.6) is 0 Å². The summed E-state index contributed by atoms with van der Waals surface area (Å²) in [6.45, 7) is 4.08. The number of carbonyl (C=O) groups is 2. The predicted octanol–water partition coefficient (Wildman–Crippen LogP) is 2.57. The smallest absolute Gasteiger partial charge is 0.326 e. The van der Waals surface area contributed by atoms with Crippen molar-refractivity contribution in [1.29, 1.82) is 0 Å². The normalized spacial score (nSPS) is 18.1. The van der Waals surface area contributed by atoms with Crippen molar-refractivity contribution in [3.8, 4) is 0 Å². The van der Waals surface area contributed by atoms with Crippen molar-refractivity contribution in [3.05, 3.63) is 0 Å². The maximum Gasteiger partial charge on any atom is 0.326 e. The van der Waals surface area contributed by atoms with E-state index in [1.165, 1.54) is 0 Å². The monoisotopic (exact) mass is 255 g/mol. The van der Waals surface area contributed by atoms with Crippen LogP contribution in [0.25, 0.3) is 0 Å². The highest BCUT2D eigenvalue weighted by Gasteiger charge is 2.31. The summed E-state index contributed by atoms with van der Waals surface area (Å²) in [5.74, 6) is -0.521. The van der Waals surface area contributed by atoms with E-state index in [1.54, 1.807) is 0 Å². The van der Waals surface area contributed by atoms with Crippen molar-refractivity contribution in [1.82, 2.24) is 5.32 Å². The first kappa shape index (κ1) is 15.0. The lowest BCUT2D eigenvalue weighted by Crippen LogP contribution is -2.43. The fourth-order valence-electron chi connectivity index (χ4n) is 2.17. The molecule has 1 fully saturated rings. The molecule has 1 amide bonds. The third-order valence-electron chi connectivity index (χ3n) is 3.65. The van der Waals surface area contributed by atoms with Gasteiger partial charge >= 0.3 is 5.97 Å². The second-order valence-electron chi connectivity index (χ2n) is 5.33. The number of carboxylic acid groups (broad SMARTS) is 1. The van der Waals surface area contributed by atoms with Gasteiger partial charge in [-0.15, -0.1) is 0 Å². The fourth-order valence-corrected chi connectivity index (χ4v) is 2.17. The Balaban J connectivity index is 2.44. The SMILES string of the molecule is CCCCC(CC)C(=O)NC(CC1CC1)C(=O)O. The van der Waals surface area contributed by atoms with Gasteiger partial charge in [-0.05, 0) is 25.2 Å². The predicted molar refractivity (Wildman–Crippen MR) is 70.2 cm³/mol. The molecule has 4 nitrogen and oxygen atoms in total. The Hall–Kier alpha value is -1.06. The molecule has 1 aliphatic carbocycles. The third kappa shape index (κ3) is 5.07. The van der Waals surface area contributed by atoms with Gasteiger partial charge in [0.05, 0.1) is 0 Å². The molecule has 0 bridgehead atoms. The summed E-state index contributed by atoms with van der Waals surface area (Å²) in [7, 11) is 0. The van der Waals surface area contributed by atoms with Crippen molar-refractivity contribution >= 4 is 11.9 Å². The molecule has 0 heterocycles. The molecule has 0 radical (unpaired) electrons. The molecule has 0 spiro atoms. The van der Waals surface area contributed by atoms with Gasteiger partial charge in [-0.1, -0.05) is 39.5 Å². The number of amides is 1. The van der Waals surface area contributed by atoms with Crippen molar-refractivity contribution < 1.29 is 14.7 Å². The maximum absolute atomic E-state index is 12.0. The van der Waals surface area contributed by atoms with Crippen LogP contribution in [0.3, 0.4) is 0 Å². The molecular formula is C14H25NO3. The van der Waals surface area contributed by atoms with Gasteiger partial charge in [-0.25, -0.2) is 4.79 Å². The van der Waals surface area contributed by atoms with Gasteiger partial charge < -0.3 is 10.4 Å². The second kappa shape index (κ2) is 7.39. The number of nitrogens with one attached hydrogen (secondary N) is 1. The summed E-state index contributed by atoms with van der Waals surface area (Å²) in [5, 5.41) is 11.8. The average Bonchev–Trinajstić information content (AvgIpc) is 3.13. The van der Waals surface area contributed by atoms with Gasteiger partial charge in [-0.3, -0.25) is 4.79 Å².